The molecule has 1 saturated carbocycles. The van der Waals surface area contributed by atoms with Crippen LogP contribution in [0.25, 0.3) is 0 Å². The Balaban J connectivity index is 1.98. The van der Waals surface area contributed by atoms with Crippen LogP contribution in [0.1, 0.15) is 31.2 Å². The van der Waals surface area contributed by atoms with E-state index in [0.717, 1.165) is 37.0 Å². The largest absolute Gasteiger partial charge is 0.490 e. The first-order valence-corrected chi connectivity index (χ1v) is 5.87. The fourth-order valence-corrected chi connectivity index (χ4v) is 2.20. The predicted octanol–water partition coefficient (Wildman–Crippen LogP) is 1.83. The first-order chi connectivity index (χ1) is 7.73. The molecule has 0 amide bonds. The SMILES string of the molecule is NCc1ccccc1OCC1(O)CCCC1. The summed E-state index contributed by atoms with van der Waals surface area (Å²) in [5.74, 6) is 0.797. The van der Waals surface area contributed by atoms with Crippen molar-refractivity contribution in [2.24, 2.45) is 5.73 Å². The van der Waals surface area contributed by atoms with E-state index in [9.17, 15) is 5.11 Å². The highest BCUT2D eigenvalue weighted by molar-refractivity contribution is 5.33. The minimum atomic E-state index is -0.623. The average Bonchev–Trinajstić information content (AvgIpc) is 2.74. The third kappa shape index (κ3) is 2.54. The van der Waals surface area contributed by atoms with Gasteiger partial charge >= 0.3 is 0 Å². The summed E-state index contributed by atoms with van der Waals surface area (Å²) < 4.78 is 5.68. The third-order valence-electron chi connectivity index (χ3n) is 3.22. The fraction of sp³-hybridized carbons (Fsp3) is 0.538. The number of hydrogen-bond acceptors (Lipinski definition) is 3. The second-order valence-electron chi connectivity index (χ2n) is 4.53. The topological polar surface area (TPSA) is 55.5 Å². The van der Waals surface area contributed by atoms with Crippen molar-refractivity contribution < 1.29 is 9.84 Å². The van der Waals surface area contributed by atoms with Crippen molar-refractivity contribution in [3.05, 3.63) is 29.8 Å². The number of ether oxygens (including phenoxy) is 1. The molecule has 0 saturated heterocycles. The van der Waals surface area contributed by atoms with Gasteiger partial charge in [0.25, 0.3) is 0 Å². The van der Waals surface area contributed by atoms with Crippen LogP contribution < -0.4 is 10.5 Å². The molecule has 88 valence electrons. The molecule has 0 aliphatic heterocycles. The second kappa shape index (κ2) is 4.85. The molecule has 3 nitrogen and oxygen atoms in total. The molecule has 0 radical (unpaired) electrons. The number of benzene rings is 1. The van der Waals surface area contributed by atoms with Gasteiger partial charge in [0, 0.05) is 12.1 Å². The quantitative estimate of drug-likeness (QED) is 0.815. The summed E-state index contributed by atoms with van der Waals surface area (Å²) in [6, 6.07) is 7.72. The lowest BCUT2D eigenvalue weighted by atomic mass is 10.0. The molecule has 1 aliphatic rings. The molecule has 2 rings (SSSR count). The zero-order chi connectivity index (χ0) is 11.4. The van der Waals surface area contributed by atoms with Gasteiger partial charge in [-0.2, -0.15) is 0 Å². The van der Waals surface area contributed by atoms with E-state index in [4.69, 9.17) is 10.5 Å². The van der Waals surface area contributed by atoms with Crippen LogP contribution in [0.5, 0.6) is 5.75 Å². The van der Waals surface area contributed by atoms with Crippen molar-refractivity contribution in [3.63, 3.8) is 0 Å². The summed E-state index contributed by atoms with van der Waals surface area (Å²) in [7, 11) is 0. The van der Waals surface area contributed by atoms with Gasteiger partial charge in [0.05, 0.1) is 5.60 Å². The number of para-hydroxylation sites is 1. The summed E-state index contributed by atoms with van der Waals surface area (Å²) in [6.07, 6.45) is 3.88. The van der Waals surface area contributed by atoms with Crippen LogP contribution >= 0.6 is 0 Å². The van der Waals surface area contributed by atoms with Gasteiger partial charge in [-0.25, -0.2) is 0 Å². The molecule has 3 heteroatoms. The first kappa shape index (κ1) is 11.4. The van der Waals surface area contributed by atoms with Crippen LogP contribution in [0.2, 0.25) is 0 Å². The molecule has 1 aromatic rings. The Bertz CT molecular complexity index is 346. The summed E-state index contributed by atoms with van der Waals surface area (Å²) >= 11 is 0. The molecule has 1 aliphatic carbocycles. The highest BCUT2D eigenvalue weighted by atomic mass is 16.5. The minimum absolute atomic E-state index is 0.379. The predicted molar refractivity (Wildman–Crippen MR) is 63.2 cm³/mol. The number of nitrogens with two attached hydrogens (primary N) is 1. The summed E-state index contributed by atoms with van der Waals surface area (Å²) in [6.45, 7) is 0.846. The van der Waals surface area contributed by atoms with E-state index in [0.29, 0.717) is 13.2 Å². The monoisotopic (exact) mass is 221 g/mol. The van der Waals surface area contributed by atoms with Gasteiger partial charge in [-0.15, -0.1) is 0 Å². The van der Waals surface area contributed by atoms with Crippen molar-refractivity contribution >= 4 is 0 Å². The van der Waals surface area contributed by atoms with E-state index in [1.54, 1.807) is 0 Å². The Kier molecular flexibility index (Phi) is 3.46. The van der Waals surface area contributed by atoms with Gasteiger partial charge in [0.15, 0.2) is 0 Å². The van der Waals surface area contributed by atoms with Crippen LogP contribution in [0.4, 0.5) is 0 Å². The van der Waals surface area contributed by atoms with Gasteiger partial charge in [-0.3, -0.25) is 0 Å². The van der Waals surface area contributed by atoms with Crippen molar-refractivity contribution in [3.8, 4) is 5.75 Å². The van der Waals surface area contributed by atoms with E-state index in [1.807, 2.05) is 24.3 Å². The van der Waals surface area contributed by atoms with Crippen LogP contribution in [0, 0.1) is 0 Å². The Hall–Kier alpha value is -1.06. The summed E-state index contributed by atoms with van der Waals surface area (Å²) in [5, 5.41) is 10.2. The second-order valence-corrected chi connectivity index (χ2v) is 4.53. The lowest BCUT2D eigenvalue weighted by Crippen LogP contribution is -2.32. The molecular formula is C13H19NO2. The molecule has 1 fully saturated rings. The first-order valence-electron chi connectivity index (χ1n) is 5.87. The minimum Gasteiger partial charge on any atom is -0.490 e. The molecule has 0 atom stereocenters. The molecule has 0 spiro atoms. The maximum atomic E-state index is 10.2. The molecule has 3 N–H and O–H groups in total. The Morgan fingerprint density at radius 3 is 2.62 bits per heavy atom. The highest BCUT2D eigenvalue weighted by Crippen LogP contribution is 2.30. The van der Waals surface area contributed by atoms with Crippen molar-refractivity contribution in [2.75, 3.05) is 6.61 Å². The average molecular weight is 221 g/mol. The van der Waals surface area contributed by atoms with E-state index in [-0.39, 0.29) is 0 Å². The normalized spacial score (nSPS) is 18.6. The Labute approximate surface area is 96.2 Å². The third-order valence-corrected chi connectivity index (χ3v) is 3.22. The molecule has 16 heavy (non-hydrogen) atoms. The maximum Gasteiger partial charge on any atom is 0.123 e. The van der Waals surface area contributed by atoms with Gasteiger partial charge in [0.1, 0.15) is 12.4 Å². The molecular weight excluding hydrogens is 202 g/mol. The van der Waals surface area contributed by atoms with E-state index >= 15 is 0 Å². The van der Waals surface area contributed by atoms with Gasteiger partial charge in [-0.05, 0) is 18.9 Å². The number of hydrogen-bond donors (Lipinski definition) is 2. The van der Waals surface area contributed by atoms with Crippen LogP contribution in [-0.2, 0) is 6.54 Å². The maximum absolute atomic E-state index is 10.2. The standard InChI is InChI=1S/C13H19NO2/c14-9-11-5-1-2-6-12(11)16-10-13(15)7-3-4-8-13/h1-2,5-6,15H,3-4,7-10,14H2. The number of aliphatic hydroxyl groups is 1. The van der Waals surface area contributed by atoms with Crippen molar-refractivity contribution in [2.45, 2.75) is 37.8 Å². The lowest BCUT2D eigenvalue weighted by Gasteiger charge is -2.23. The van der Waals surface area contributed by atoms with Gasteiger partial charge < -0.3 is 15.6 Å². The zero-order valence-corrected chi connectivity index (χ0v) is 9.48. The molecule has 0 aromatic heterocycles. The van der Waals surface area contributed by atoms with Crippen molar-refractivity contribution in [1.29, 1.82) is 0 Å². The van der Waals surface area contributed by atoms with Gasteiger partial charge in [-0.1, -0.05) is 31.0 Å². The van der Waals surface area contributed by atoms with E-state index < -0.39 is 5.60 Å². The summed E-state index contributed by atoms with van der Waals surface area (Å²) in [4.78, 5) is 0. The Morgan fingerprint density at radius 1 is 1.25 bits per heavy atom. The molecule has 0 bridgehead atoms. The summed E-state index contributed by atoms with van der Waals surface area (Å²) in [5.41, 5.74) is 5.99. The van der Waals surface area contributed by atoms with E-state index in [1.165, 1.54) is 0 Å². The lowest BCUT2D eigenvalue weighted by molar-refractivity contribution is 0.00114. The zero-order valence-electron chi connectivity index (χ0n) is 9.48. The van der Waals surface area contributed by atoms with E-state index in [2.05, 4.69) is 0 Å². The molecule has 0 unspecified atom stereocenters. The van der Waals surface area contributed by atoms with Crippen LogP contribution in [0.15, 0.2) is 24.3 Å². The molecule has 0 heterocycles. The van der Waals surface area contributed by atoms with Crippen LogP contribution in [0.3, 0.4) is 0 Å². The Morgan fingerprint density at radius 2 is 1.94 bits per heavy atom. The van der Waals surface area contributed by atoms with Crippen molar-refractivity contribution in [1.82, 2.24) is 0 Å². The van der Waals surface area contributed by atoms with Gasteiger partial charge in [0.2, 0.25) is 0 Å². The molecule has 1 aromatic carbocycles. The smallest absolute Gasteiger partial charge is 0.123 e. The van der Waals surface area contributed by atoms with Crippen LogP contribution in [-0.4, -0.2) is 17.3 Å². The highest BCUT2D eigenvalue weighted by Gasteiger charge is 2.31. The fourth-order valence-electron chi connectivity index (χ4n) is 2.20. The number of rotatable bonds is 4.